The number of hydrogen-bond acceptors (Lipinski definition) is 7. The highest BCUT2D eigenvalue weighted by atomic mass is 32.1. The summed E-state index contributed by atoms with van der Waals surface area (Å²) in [5.74, 6) is -2.18. The number of benzene rings is 1. The fraction of sp³-hybridized carbons (Fsp3) is 0.300. The molecule has 1 fully saturated rings. The van der Waals surface area contributed by atoms with Crippen LogP contribution in [0.15, 0.2) is 29.6 Å². The lowest BCUT2D eigenvalue weighted by molar-refractivity contribution is 0.0691. The smallest absolute Gasteiger partial charge is 0.355 e. The second-order valence-corrected chi connectivity index (χ2v) is 7.80. The molecule has 4 rings (SSSR count). The van der Waals surface area contributed by atoms with E-state index in [1.807, 2.05) is 0 Å². The van der Waals surface area contributed by atoms with Crippen molar-refractivity contribution in [3.05, 3.63) is 46.9 Å². The molecule has 0 bridgehead atoms. The van der Waals surface area contributed by atoms with Crippen molar-refractivity contribution >= 4 is 23.2 Å². The van der Waals surface area contributed by atoms with Gasteiger partial charge in [0.05, 0.1) is 11.3 Å². The molecule has 3 heterocycles. The van der Waals surface area contributed by atoms with Gasteiger partial charge in [-0.3, -0.25) is 4.79 Å². The lowest BCUT2D eigenvalue weighted by Gasteiger charge is -2.24. The number of aromatic nitrogens is 3. The maximum absolute atomic E-state index is 13.5. The average Bonchev–Trinajstić information content (AvgIpc) is 3.39. The number of nitrogens with zero attached hydrogens (tertiary/aromatic N) is 3. The quantitative estimate of drug-likeness (QED) is 0.570. The van der Waals surface area contributed by atoms with Gasteiger partial charge in [0.25, 0.3) is 5.91 Å². The Hall–Kier alpha value is -2.95. The summed E-state index contributed by atoms with van der Waals surface area (Å²) in [6.45, 7) is 0.791. The third kappa shape index (κ3) is 3.76. The van der Waals surface area contributed by atoms with Crippen LogP contribution in [0, 0.1) is 5.82 Å². The molecule has 0 radical (unpaired) electrons. The molecule has 30 heavy (non-hydrogen) atoms. The molecule has 1 aliphatic heterocycles. The lowest BCUT2D eigenvalue weighted by Crippen LogP contribution is -2.29. The molecule has 0 amide bonds. The Morgan fingerprint density at radius 1 is 1.23 bits per heavy atom. The largest absolute Gasteiger partial charge is 0.476 e. The third-order valence-electron chi connectivity index (χ3n) is 5.07. The number of halogens is 1. The predicted molar refractivity (Wildman–Crippen MR) is 108 cm³/mol. The minimum atomic E-state index is -1.15. The van der Waals surface area contributed by atoms with Crippen LogP contribution in [0.2, 0.25) is 0 Å². The molecule has 0 aliphatic carbocycles. The Balaban J connectivity index is 1.98. The van der Waals surface area contributed by atoms with E-state index in [2.05, 4.69) is 15.4 Å². The summed E-state index contributed by atoms with van der Waals surface area (Å²) in [6.07, 6.45) is 1.49. The highest BCUT2D eigenvalue weighted by molar-refractivity contribution is 7.13. The van der Waals surface area contributed by atoms with Crippen LogP contribution in [0.3, 0.4) is 0 Å². The summed E-state index contributed by atoms with van der Waals surface area (Å²) < 4.78 is 14.7. The average molecular weight is 430 g/mol. The van der Waals surface area contributed by atoms with E-state index in [1.165, 1.54) is 22.2 Å². The van der Waals surface area contributed by atoms with Crippen molar-refractivity contribution < 1.29 is 24.2 Å². The van der Waals surface area contributed by atoms with Gasteiger partial charge in [-0.15, -0.1) is 11.3 Å². The van der Waals surface area contributed by atoms with Gasteiger partial charge >= 0.3 is 5.97 Å². The molecule has 0 saturated carbocycles. The molecule has 1 aromatic carbocycles. The van der Waals surface area contributed by atoms with E-state index in [4.69, 9.17) is 0 Å². The van der Waals surface area contributed by atoms with Crippen LogP contribution in [0.25, 0.3) is 21.8 Å². The van der Waals surface area contributed by atoms with Crippen molar-refractivity contribution in [2.75, 3.05) is 19.7 Å². The molecule has 0 unspecified atom stereocenters. The number of aliphatic hydroxyl groups excluding tert-OH is 1. The van der Waals surface area contributed by atoms with E-state index >= 15 is 0 Å². The van der Waals surface area contributed by atoms with Crippen LogP contribution in [-0.4, -0.2) is 56.6 Å². The highest BCUT2D eigenvalue weighted by Crippen LogP contribution is 2.41. The lowest BCUT2D eigenvalue weighted by atomic mass is 9.90. The first-order chi connectivity index (χ1) is 14.5. The number of aromatic carboxylic acids is 1. The third-order valence-corrected chi connectivity index (χ3v) is 5.93. The van der Waals surface area contributed by atoms with Gasteiger partial charge in [-0.2, -0.15) is 5.10 Å². The maximum atomic E-state index is 13.5. The standard InChI is InChI=1S/C20H19FN4O4S/c21-13-3-1-11(2-4-13)17-16(19-23-14(10-30-19)20(28)29)18(12-5-7-22-8-6-12)25(24-17)15(27)9-26/h1-4,10,12,22,26H,5-9H2,(H,28,29). The molecule has 0 atom stereocenters. The van der Waals surface area contributed by atoms with E-state index in [-0.39, 0.29) is 11.6 Å². The first-order valence-electron chi connectivity index (χ1n) is 9.42. The monoisotopic (exact) mass is 430 g/mol. The van der Waals surface area contributed by atoms with Gasteiger partial charge in [0.15, 0.2) is 5.69 Å². The van der Waals surface area contributed by atoms with E-state index in [1.54, 1.807) is 12.1 Å². The summed E-state index contributed by atoms with van der Waals surface area (Å²) in [7, 11) is 0. The molecule has 3 aromatic rings. The molecule has 156 valence electrons. The molecule has 1 aliphatic rings. The zero-order valence-electron chi connectivity index (χ0n) is 15.8. The summed E-state index contributed by atoms with van der Waals surface area (Å²) in [5, 5.41) is 28.4. The van der Waals surface area contributed by atoms with Crippen LogP contribution in [0.4, 0.5) is 4.39 Å². The number of rotatable bonds is 5. The Morgan fingerprint density at radius 2 is 1.93 bits per heavy atom. The Bertz CT molecular complexity index is 1090. The molecule has 1 saturated heterocycles. The van der Waals surface area contributed by atoms with Gasteiger partial charge in [-0.1, -0.05) is 0 Å². The van der Waals surface area contributed by atoms with E-state index < -0.39 is 24.3 Å². The number of aliphatic hydroxyl groups is 1. The molecule has 3 N–H and O–H groups in total. The summed E-state index contributed by atoms with van der Waals surface area (Å²) >= 11 is 1.14. The van der Waals surface area contributed by atoms with Crippen molar-refractivity contribution in [1.82, 2.24) is 20.1 Å². The molecule has 0 spiro atoms. The van der Waals surface area contributed by atoms with Gasteiger partial charge in [0, 0.05) is 16.9 Å². The molecular weight excluding hydrogens is 411 g/mol. The van der Waals surface area contributed by atoms with Crippen LogP contribution >= 0.6 is 11.3 Å². The van der Waals surface area contributed by atoms with E-state index in [0.717, 1.165) is 37.3 Å². The number of hydrogen-bond donors (Lipinski definition) is 3. The maximum Gasteiger partial charge on any atom is 0.355 e. The van der Waals surface area contributed by atoms with Crippen LogP contribution in [-0.2, 0) is 0 Å². The van der Waals surface area contributed by atoms with Crippen molar-refractivity contribution in [2.24, 2.45) is 0 Å². The van der Waals surface area contributed by atoms with Crippen molar-refractivity contribution in [1.29, 1.82) is 0 Å². The van der Waals surface area contributed by atoms with Gasteiger partial charge in [-0.05, 0) is 50.2 Å². The fourth-order valence-corrected chi connectivity index (χ4v) is 4.51. The molecule has 8 nitrogen and oxygen atoms in total. The second kappa shape index (κ2) is 8.42. The second-order valence-electron chi connectivity index (χ2n) is 6.95. The van der Waals surface area contributed by atoms with Crippen LogP contribution in [0.1, 0.15) is 39.7 Å². The Kier molecular flexibility index (Phi) is 5.71. The SMILES string of the molecule is O=C(O)c1csc(-c2c(-c3ccc(F)cc3)nn(C(=O)CO)c2C2CCNCC2)n1. The van der Waals surface area contributed by atoms with Crippen LogP contribution in [0.5, 0.6) is 0 Å². The summed E-state index contributed by atoms with van der Waals surface area (Å²) in [4.78, 5) is 28.1. The normalized spacial score (nSPS) is 14.7. The number of nitrogens with one attached hydrogen (secondary N) is 1. The van der Waals surface area contributed by atoms with Crippen molar-refractivity contribution in [2.45, 2.75) is 18.8 Å². The number of carbonyl (C=O) groups excluding carboxylic acids is 1. The highest BCUT2D eigenvalue weighted by Gasteiger charge is 2.31. The predicted octanol–water partition coefficient (Wildman–Crippen LogP) is 2.61. The van der Waals surface area contributed by atoms with Gasteiger partial charge in [0.2, 0.25) is 0 Å². The molecule has 10 heteroatoms. The first kappa shape index (κ1) is 20.3. The molecule has 2 aromatic heterocycles. The van der Waals surface area contributed by atoms with Crippen molar-refractivity contribution in [3.63, 3.8) is 0 Å². The summed E-state index contributed by atoms with van der Waals surface area (Å²) in [6, 6.07) is 5.68. The van der Waals surface area contributed by atoms with E-state index in [0.29, 0.717) is 27.5 Å². The number of carboxylic acids is 1. The zero-order chi connectivity index (χ0) is 21.3. The number of carboxylic acid groups (broad SMARTS) is 1. The van der Waals surface area contributed by atoms with Gasteiger partial charge in [0.1, 0.15) is 23.1 Å². The van der Waals surface area contributed by atoms with Crippen molar-refractivity contribution in [3.8, 4) is 21.8 Å². The van der Waals surface area contributed by atoms with Crippen LogP contribution < -0.4 is 5.32 Å². The first-order valence-corrected chi connectivity index (χ1v) is 10.3. The minimum Gasteiger partial charge on any atom is -0.476 e. The van der Waals surface area contributed by atoms with Gasteiger partial charge in [-0.25, -0.2) is 18.9 Å². The number of piperidine rings is 1. The zero-order valence-corrected chi connectivity index (χ0v) is 16.7. The topological polar surface area (TPSA) is 117 Å². The number of carbonyl (C=O) groups is 2. The fourth-order valence-electron chi connectivity index (χ4n) is 3.67. The minimum absolute atomic E-state index is 0.0318. The number of thiazole rings is 1. The summed E-state index contributed by atoms with van der Waals surface area (Å²) in [5.41, 5.74) is 2.02. The van der Waals surface area contributed by atoms with Gasteiger partial charge < -0.3 is 15.5 Å². The Morgan fingerprint density at radius 3 is 2.53 bits per heavy atom. The molecular formula is C20H19FN4O4S. The van der Waals surface area contributed by atoms with E-state index in [9.17, 15) is 24.2 Å². The Labute approximate surface area is 175 Å².